The van der Waals surface area contributed by atoms with Crippen LogP contribution in [0.25, 0.3) is 16.8 Å². The minimum Gasteiger partial charge on any atom is -0.253 e. The van der Waals surface area contributed by atoms with Crippen molar-refractivity contribution in [3.05, 3.63) is 86.8 Å². The minimum absolute atomic E-state index is 0.501. The molecule has 2 aromatic rings. The second-order valence-corrected chi connectivity index (χ2v) is 9.14. The summed E-state index contributed by atoms with van der Waals surface area (Å²) in [5.41, 5.74) is 11.6. The molecule has 5 rings (SSSR count). The quantitative estimate of drug-likeness (QED) is 0.562. The molecule has 1 atom stereocenters. The third-order valence-corrected chi connectivity index (χ3v) is 8.04. The summed E-state index contributed by atoms with van der Waals surface area (Å²) in [6.07, 6.45) is 5.77. The van der Waals surface area contributed by atoms with Gasteiger partial charge in [0.1, 0.15) is 0 Å². The van der Waals surface area contributed by atoms with Crippen molar-refractivity contribution >= 4 is 32.1 Å². The van der Waals surface area contributed by atoms with Gasteiger partial charge in [0.2, 0.25) is 0 Å². The first-order valence-electron chi connectivity index (χ1n) is 9.77. The maximum absolute atomic E-state index is 4.88. The van der Waals surface area contributed by atoms with E-state index in [0.29, 0.717) is 5.54 Å². The lowest BCUT2D eigenvalue weighted by Crippen LogP contribution is -2.10. The molecule has 2 heteroatoms. The zero-order chi connectivity index (χ0) is 18.7. The maximum Gasteiger partial charge on any atom is 0.0949 e. The van der Waals surface area contributed by atoms with Crippen LogP contribution in [-0.2, 0) is 0 Å². The number of hydrogen-bond donors (Lipinski definition) is 0. The molecule has 1 heterocycles. The molecule has 2 aromatic carbocycles. The van der Waals surface area contributed by atoms with Gasteiger partial charge in [0.05, 0.1) is 15.2 Å². The van der Waals surface area contributed by atoms with E-state index in [-0.39, 0.29) is 0 Å². The summed E-state index contributed by atoms with van der Waals surface area (Å²) in [7, 11) is 0.761. The Morgan fingerprint density at radius 3 is 2.56 bits per heavy atom. The molecule has 2 aliphatic carbocycles. The molecule has 0 aromatic heterocycles. The number of hydrogen-bond acceptors (Lipinski definition) is 1. The molecule has 0 amide bonds. The summed E-state index contributed by atoms with van der Waals surface area (Å²) < 4.78 is 0. The molecule has 0 fully saturated rings. The van der Waals surface area contributed by atoms with Crippen LogP contribution in [0.4, 0.5) is 0 Å². The molecule has 0 saturated heterocycles. The van der Waals surface area contributed by atoms with Gasteiger partial charge < -0.3 is 0 Å². The van der Waals surface area contributed by atoms with Crippen LogP contribution in [0.2, 0.25) is 0 Å². The van der Waals surface area contributed by atoms with E-state index in [1.165, 1.54) is 60.8 Å². The number of aliphatic imine (C=N–C) groups is 1. The highest BCUT2D eigenvalue weighted by molar-refractivity contribution is 6.51. The topological polar surface area (TPSA) is 12.4 Å². The Labute approximate surface area is 163 Å². The SMILES string of the molecule is CCC1=NC2=CC([Si]C3C(C)=Cc4c3ccc3ccccc43)=C(C)C2=C1C. The highest BCUT2D eigenvalue weighted by Gasteiger charge is 2.31. The van der Waals surface area contributed by atoms with E-state index in [1.807, 2.05) is 0 Å². The average molecular weight is 366 g/mol. The van der Waals surface area contributed by atoms with Crippen LogP contribution < -0.4 is 0 Å². The summed E-state index contributed by atoms with van der Waals surface area (Å²) in [6, 6.07) is 13.4. The Hall–Kier alpha value is -2.45. The molecule has 1 unspecified atom stereocenters. The van der Waals surface area contributed by atoms with E-state index in [9.17, 15) is 0 Å². The largest absolute Gasteiger partial charge is 0.253 e. The van der Waals surface area contributed by atoms with Crippen molar-refractivity contribution in [3.8, 4) is 0 Å². The van der Waals surface area contributed by atoms with Gasteiger partial charge in [0.15, 0.2) is 0 Å². The number of fused-ring (bicyclic) bond motifs is 4. The molecule has 1 nitrogen and oxygen atoms in total. The Bertz CT molecular complexity index is 1150. The van der Waals surface area contributed by atoms with Crippen molar-refractivity contribution in [1.82, 2.24) is 0 Å². The zero-order valence-electron chi connectivity index (χ0n) is 16.4. The Balaban J connectivity index is 1.54. The fraction of sp³-hybridized carbons (Fsp3) is 0.240. The Kier molecular flexibility index (Phi) is 3.73. The Morgan fingerprint density at radius 1 is 0.963 bits per heavy atom. The van der Waals surface area contributed by atoms with Crippen molar-refractivity contribution in [2.24, 2.45) is 4.99 Å². The van der Waals surface area contributed by atoms with Gasteiger partial charge in [0.25, 0.3) is 0 Å². The molecule has 0 spiro atoms. The number of nitrogens with zero attached hydrogens (tertiary/aromatic N) is 1. The lowest BCUT2D eigenvalue weighted by Gasteiger charge is -2.15. The maximum atomic E-state index is 4.88. The summed E-state index contributed by atoms with van der Waals surface area (Å²) in [5.74, 6) is 0. The lowest BCUT2D eigenvalue weighted by molar-refractivity contribution is 1.13. The van der Waals surface area contributed by atoms with E-state index >= 15 is 0 Å². The van der Waals surface area contributed by atoms with Gasteiger partial charge in [-0.2, -0.15) is 0 Å². The lowest BCUT2D eigenvalue weighted by atomic mass is 10.0. The molecule has 0 N–H and O–H groups in total. The van der Waals surface area contributed by atoms with Crippen molar-refractivity contribution in [2.45, 2.75) is 39.7 Å². The highest BCUT2D eigenvalue weighted by Crippen LogP contribution is 2.44. The smallest absolute Gasteiger partial charge is 0.0949 e. The van der Waals surface area contributed by atoms with Crippen LogP contribution in [0.3, 0.4) is 0 Å². The summed E-state index contributed by atoms with van der Waals surface area (Å²) in [6.45, 7) is 9.01. The van der Waals surface area contributed by atoms with Crippen LogP contribution in [0.5, 0.6) is 0 Å². The van der Waals surface area contributed by atoms with E-state index in [1.54, 1.807) is 0 Å². The third kappa shape index (κ3) is 2.40. The zero-order valence-corrected chi connectivity index (χ0v) is 17.4. The average Bonchev–Trinajstić information content (AvgIpc) is 3.28. The van der Waals surface area contributed by atoms with Crippen LogP contribution in [0.15, 0.2) is 80.7 Å². The highest BCUT2D eigenvalue weighted by atomic mass is 28.2. The van der Waals surface area contributed by atoms with Gasteiger partial charge in [-0.15, -0.1) is 0 Å². The summed E-state index contributed by atoms with van der Waals surface area (Å²) in [4.78, 5) is 4.88. The van der Waals surface area contributed by atoms with E-state index in [2.05, 4.69) is 76.2 Å². The first-order valence-corrected chi connectivity index (χ1v) is 10.8. The van der Waals surface area contributed by atoms with Crippen LogP contribution in [0, 0.1) is 0 Å². The first kappa shape index (κ1) is 16.7. The molecule has 132 valence electrons. The predicted molar refractivity (Wildman–Crippen MR) is 117 cm³/mol. The van der Waals surface area contributed by atoms with E-state index in [4.69, 9.17) is 4.99 Å². The van der Waals surface area contributed by atoms with Crippen molar-refractivity contribution in [1.29, 1.82) is 0 Å². The molecule has 0 bridgehead atoms. The van der Waals surface area contributed by atoms with Gasteiger partial charge in [-0.1, -0.05) is 60.2 Å². The summed E-state index contributed by atoms with van der Waals surface area (Å²) >= 11 is 0. The Morgan fingerprint density at radius 2 is 1.78 bits per heavy atom. The van der Waals surface area contributed by atoms with Gasteiger partial charge >= 0.3 is 0 Å². The number of rotatable bonds is 3. The number of allylic oxidation sites excluding steroid dienone is 5. The summed E-state index contributed by atoms with van der Waals surface area (Å²) in [5, 5.41) is 4.20. The second kappa shape index (κ2) is 6.03. The van der Waals surface area contributed by atoms with Crippen molar-refractivity contribution in [3.63, 3.8) is 0 Å². The molecule has 0 saturated carbocycles. The van der Waals surface area contributed by atoms with Gasteiger partial charge in [-0.05, 0) is 66.3 Å². The normalized spacial score (nSPS) is 20.9. The molecule has 2 radical (unpaired) electrons. The van der Waals surface area contributed by atoms with Gasteiger partial charge in [-0.3, -0.25) is 4.99 Å². The van der Waals surface area contributed by atoms with Crippen LogP contribution >= 0.6 is 0 Å². The molecule has 27 heavy (non-hydrogen) atoms. The van der Waals surface area contributed by atoms with Gasteiger partial charge in [-0.25, -0.2) is 0 Å². The monoisotopic (exact) mass is 365 g/mol. The standard InChI is InChI=1S/C25H23NSi/c1-5-21-15(3)24-16(4)23(13-22(24)26-21)27-25-14(2)12-20-18-9-7-6-8-17(18)10-11-19(20)25/h6-13,25H,5H2,1-4H3. The van der Waals surface area contributed by atoms with Crippen molar-refractivity contribution in [2.75, 3.05) is 0 Å². The fourth-order valence-corrected chi connectivity index (χ4v) is 6.29. The third-order valence-electron chi connectivity index (χ3n) is 6.16. The predicted octanol–water partition coefficient (Wildman–Crippen LogP) is 6.35. The molecule has 1 aliphatic heterocycles. The van der Waals surface area contributed by atoms with Crippen LogP contribution in [-0.4, -0.2) is 15.2 Å². The van der Waals surface area contributed by atoms with Gasteiger partial charge in [0, 0.05) is 16.8 Å². The van der Waals surface area contributed by atoms with E-state index in [0.717, 1.165) is 15.9 Å². The second-order valence-electron chi connectivity index (χ2n) is 7.74. The minimum atomic E-state index is 0.501. The van der Waals surface area contributed by atoms with Crippen molar-refractivity contribution < 1.29 is 0 Å². The molecule has 3 aliphatic rings. The molecular weight excluding hydrogens is 342 g/mol. The molecular formula is C25H23NSi. The van der Waals surface area contributed by atoms with Crippen LogP contribution in [0.1, 0.15) is 50.8 Å². The first-order chi connectivity index (χ1) is 13.1. The van der Waals surface area contributed by atoms with E-state index < -0.39 is 0 Å². The fourth-order valence-electron chi connectivity index (χ4n) is 4.70. The number of benzene rings is 2.